The van der Waals surface area contributed by atoms with E-state index in [0.29, 0.717) is 26.8 Å². The number of hydrogen-bond donors (Lipinski definition) is 1. The quantitative estimate of drug-likeness (QED) is 0.493. The lowest BCUT2D eigenvalue weighted by Crippen LogP contribution is -2.23. The van der Waals surface area contributed by atoms with Crippen LogP contribution in [0.3, 0.4) is 0 Å². The Balaban J connectivity index is 1.57. The first kappa shape index (κ1) is 20.9. The van der Waals surface area contributed by atoms with Crippen molar-refractivity contribution in [3.8, 4) is 16.4 Å². The van der Waals surface area contributed by atoms with E-state index in [0.717, 1.165) is 11.4 Å². The van der Waals surface area contributed by atoms with Crippen molar-refractivity contribution in [3.63, 3.8) is 0 Å². The minimum absolute atomic E-state index is 0.111. The van der Waals surface area contributed by atoms with E-state index in [9.17, 15) is 9.18 Å². The molecular weight excluding hydrogens is 413 g/mol. The Kier molecular flexibility index (Phi) is 5.65. The average molecular weight is 436 g/mol. The number of nitrogens with zero attached hydrogens (tertiary/aromatic N) is 4. The molecule has 2 heterocycles. The highest BCUT2D eigenvalue weighted by atomic mass is 32.1. The molecule has 4 rings (SSSR count). The zero-order valence-electron chi connectivity index (χ0n) is 17.7. The second-order valence-corrected chi connectivity index (χ2v) is 8.41. The van der Waals surface area contributed by atoms with Crippen molar-refractivity contribution in [2.75, 3.05) is 0 Å². The molecule has 6 nitrogen and oxygen atoms in total. The highest BCUT2D eigenvalue weighted by molar-refractivity contribution is 7.17. The molecule has 0 radical (unpaired) electrons. The van der Waals surface area contributed by atoms with E-state index < -0.39 is 0 Å². The van der Waals surface area contributed by atoms with Crippen LogP contribution in [0, 0.1) is 33.5 Å². The zero-order valence-corrected chi connectivity index (χ0v) is 18.5. The minimum atomic E-state index is -0.344. The minimum Gasteiger partial charge on any atom is -0.347 e. The normalized spacial score (nSPS) is 11.0. The van der Waals surface area contributed by atoms with Crippen LogP contribution in [0.2, 0.25) is 0 Å². The van der Waals surface area contributed by atoms with Gasteiger partial charge in [0.2, 0.25) is 0 Å². The van der Waals surface area contributed by atoms with Crippen LogP contribution in [0.15, 0.2) is 42.5 Å². The van der Waals surface area contributed by atoms with Gasteiger partial charge in [0.05, 0.1) is 17.1 Å². The molecular formula is C23H22FN5OS. The van der Waals surface area contributed by atoms with E-state index in [1.807, 2.05) is 13.0 Å². The molecule has 0 unspecified atom stereocenters. The van der Waals surface area contributed by atoms with Crippen LogP contribution in [0.25, 0.3) is 16.4 Å². The number of benzene rings is 2. The van der Waals surface area contributed by atoms with Crippen LogP contribution >= 0.6 is 11.3 Å². The lowest BCUT2D eigenvalue weighted by molar-refractivity contribution is 0.0954. The van der Waals surface area contributed by atoms with Crippen molar-refractivity contribution in [1.29, 1.82) is 0 Å². The standard InChI is InChI=1S/C23H22FN5OS/c1-13-9-10-18(11-14(13)2)29-16(4)20(27-28-29)23-26-15(3)21(31-23)22(30)25-12-17-7-5-6-8-19(17)24/h5-11H,12H2,1-4H3,(H,25,30). The molecule has 2 aromatic heterocycles. The Bertz CT molecular complexity index is 1280. The average Bonchev–Trinajstić information content (AvgIpc) is 3.32. The van der Waals surface area contributed by atoms with E-state index in [1.54, 1.807) is 29.8 Å². The molecule has 0 aliphatic heterocycles. The maximum absolute atomic E-state index is 13.8. The number of thiazole rings is 1. The summed E-state index contributed by atoms with van der Waals surface area (Å²) in [6.07, 6.45) is 0. The molecule has 0 spiro atoms. The highest BCUT2D eigenvalue weighted by Crippen LogP contribution is 2.29. The number of nitrogens with one attached hydrogen (secondary N) is 1. The smallest absolute Gasteiger partial charge is 0.263 e. The van der Waals surface area contributed by atoms with Gasteiger partial charge in [-0.3, -0.25) is 4.79 Å². The second kappa shape index (κ2) is 8.39. The molecule has 0 aliphatic carbocycles. The number of carbonyl (C=O) groups is 1. The molecule has 1 amide bonds. The van der Waals surface area contributed by atoms with Crippen molar-refractivity contribution in [3.05, 3.63) is 81.2 Å². The van der Waals surface area contributed by atoms with Gasteiger partial charge in [0, 0.05) is 12.1 Å². The summed E-state index contributed by atoms with van der Waals surface area (Å²) in [6, 6.07) is 12.5. The Morgan fingerprint density at radius 1 is 1.10 bits per heavy atom. The molecule has 2 aromatic carbocycles. The Morgan fingerprint density at radius 3 is 2.61 bits per heavy atom. The van der Waals surface area contributed by atoms with Crippen LogP contribution < -0.4 is 5.32 Å². The maximum Gasteiger partial charge on any atom is 0.263 e. The monoisotopic (exact) mass is 435 g/mol. The SMILES string of the molecule is Cc1ccc(-n2nnc(-c3nc(C)c(C(=O)NCc4ccccc4F)s3)c2C)cc1C. The van der Waals surface area contributed by atoms with Gasteiger partial charge in [-0.05, 0) is 57.0 Å². The highest BCUT2D eigenvalue weighted by Gasteiger charge is 2.21. The van der Waals surface area contributed by atoms with E-state index in [-0.39, 0.29) is 18.3 Å². The van der Waals surface area contributed by atoms with Gasteiger partial charge in [-0.15, -0.1) is 16.4 Å². The van der Waals surface area contributed by atoms with Gasteiger partial charge in [-0.2, -0.15) is 0 Å². The summed E-state index contributed by atoms with van der Waals surface area (Å²) < 4.78 is 15.6. The number of hydrogen-bond acceptors (Lipinski definition) is 5. The third kappa shape index (κ3) is 4.11. The topological polar surface area (TPSA) is 72.7 Å². The second-order valence-electron chi connectivity index (χ2n) is 7.41. The summed E-state index contributed by atoms with van der Waals surface area (Å²) in [7, 11) is 0. The predicted molar refractivity (Wildman–Crippen MR) is 119 cm³/mol. The fourth-order valence-corrected chi connectivity index (χ4v) is 4.25. The number of carbonyl (C=O) groups excluding carboxylic acids is 1. The van der Waals surface area contributed by atoms with Crippen LogP contribution in [-0.2, 0) is 6.54 Å². The summed E-state index contributed by atoms with van der Waals surface area (Å²) >= 11 is 1.26. The molecule has 0 fully saturated rings. The van der Waals surface area contributed by atoms with Gasteiger partial charge in [-0.1, -0.05) is 29.5 Å². The first-order valence-electron chi connectivity index (χ1n) is 9.84. The number of aromatic nitrogens is 4. The number of rotatable bonds is 5. The molecule has 158 valence electrons. The van der Waals surface area contributed by atoms with Crippen molar-refractivity contribution < 1.29 is 9.18 Å². The number of amides is 1. The first-order chi connectivity index (χ1) is 14.8. The summed E-state index contributed by atoms with van der Waals surface area (Å²) in [5.41, 5.74) is 5.83. The molecule has 31 heavy (non-hydrogen) atoms. The first-order valence-corrected chi connectivity index (χ1v) is 10.7. The number of halogens is 1. The van der Waals surface area contributed by atoms with E-state index in [1.165, 1.54) is 28.5 Å². The number of aryl methyl sites for hydroxylation is 3. The van der Waals surface area contributed by atoms with Crippen LogP contribution in [0.4, 0.5) is 4.39 Å². The Morgan fingerprint density at radius 2 is 1.87 bits per heavy atom. The van der Waals surface area contributed by atoms with Crippen molar-refractivity contribution >= 4 is 17.2 Å². The zero-order chi connectivity index (χ0) is 22.1. The lowest BCUT2D eigenvalue weighted by Gasteiger charge is -2.06. The molecule has 0 bridgehead atoms. The molecule has 8 heteroatoms. The third-order valence-corrected chi connectivity index (χ3v) is 6.40. The molecule has 4 aromatic rings. The Hall–Kier alpha value is -3.39. The van der Waals surface area contributed by atoms with Crippen LogP contribution in [0.5, 0.6) is 0 Å². The summed E-state index contributed by atoms with van der Waals surface area (Å²) in [5.74, 6) is -0.633. The van der Waals surface area contributed by atoms with Gasteiger partial charge in [-0.25, -0.2) is 14.1 Å². The fourth-order valence-electron chi connectivity index (χ4n) is 3.24. The molecule has 0 aliphatic rings. The van der Waals surface area contributed by atoms with E-state index in [4.69, 9.17) is 0 Å². The van der Waals surface area contributed by atoms with Gasteiger partial charge in [0.15, 0.2) is 0 Å². The molecule has 0 saturated carbocycles. The fraction of sp³-hybridized carbons (Fsp3) is 0.217. The molecule has 0 atom stereocenters. The van der Waals surface area contributed by atoms with Gasteiger partial charge in [0.25, 0.3) is 5.91 Å². The van der Waals surface area contributed by atoms with E-state index >= 15 is 0 Å². The van der Waals surface area contributed by atoms with Gasteiger partial charge in [0.1, 0.15) is 21.4 Å². The summed E-state index contributed by atoms with van der Waals surface area (Å²) in [6.45, 7) is 7.94. The Labute approximate surface area is 183 Å². The summed E-state index contributed by atoms with van der Waals surface area (Å²) in [5, 5.41) is 12.0. The summed E-state index contributed by atoms with van der Waals surface area (Å²) in [4.78, 5) is 17.7. The maximum atomic E-state index is 13.8. The largest absolute Gasteiger partial charge is 0.347 e. The van der Waals surface area contributed by atoms with E-state index in [2.05, 4.69) is 46.6 Å². The third-order valence-electron chi connectivity index (χ3n) is 5.23. The van der Waals surface area contributed by atoms with Crippen molar-refractivity contribution in [2.45, 2.75) is 34.2 Å². The van der Waals surface area contributed by atoms with Gasteiger partial charge >= 0.3 is 0 Å². The predicted octanol–water partition coefficient (Wildman–Crippen LogP) is 4.69. The van der Waals surface area contributed by atoms with Crippen LogP contribution in [-0.4, -0.2) is 25.9 Å². The van der Waals surface area contributed by atoms with Crippen molar-refractivity contribution in [1.82, 2.24) is 25.3 Å². The van der Waals surface area contributed by atoms with Crippen LogP contribution in [0.1, 0.15) is 37.7 Å². The molecule has 0 saturated heterocycles. The van der Waals surface area contributed by atoms with Crippen molar-refractivity contribution in [2.24, 2.45) is 0 Å². The van der Waals surface area contributed by atoms with Gasteiger partial charge < -0.3 is 5.32 Å². The molecule has 1 N–H and O–H groups in total. The lowest BCUT2D eigenvalue weighted by atomic mass is 10.1.